The molecule has 0 fully saturated rings. The molecule has 0 spiro atoms. The molecule has 4 nitrogen and oxygen atoms in total. The van der Waals surface area contributed by atoms with Gasteiger partial charge in [-0.1, -0.05) is 41.9 Å². The van der Waals surface area contributed by atoms with E-state index in [-0.39, 0.29) is 30.8 Å². The van der Waals surface area contributed by atoms with Gasteiger partial charge in [0.25, 0.3) is 0 Å². The van der Waals surface area contributed by atoms with Crippen LogP contribution in [0, 0.1) is 0 Å². The van der Waals surface area contributed by atoms with Gasteiger partial charge in [-0.25, -0.2) is 0 Å². The molecule has 0 bridgehead atoms. The van der Waals surface area contributed by atoms with Crippen molar-refractivity contribution in [3.63, 3.8) is 0 Å². The first-order valence-corrected chi connectivity index (χ1v) is 8.31. The Morgan fingerprint density at radius 1 is 1.08 bits per heavy atom. The summed E-state index contributed by atoms with van der Waals surface area (Å²) in [4.78, 5) is 28.6. The molecule has 1 heterocycles. The van der Waals surface area contributed by atoms with Crippen LogP contribution in [0.2, 0.25) is 5.02 Å². The van der Waals surface area contributed by atoms with Crippen LogP contribution in [0.1, 0.15) is 19.4 Å². The molecule has 1 aliphatic rings. The summed E-state index contributed by atoms with van der Waals surface area (Å²) < 4.78 is 0. The van der Waals surface area contributed by atoms with E-state index in [1.165, 1.54) is 0 Å². The lowest BCUT2D eigenvalue weighted by Crippen LogP contribution is -2.51. The molecule has 2 aromatic rings. The molecule has 0 aliphatic carbocycles. The first-order valence-electron chi connectivity index (χ1n) is 7.94. The second kappa shape index (κ2) is 6.65. The van der Waals surface area contributed by atoms with Crippen molar-refractivity contribution in [2.24, 2.45) is 0 Å². The topological polar surface area (TPSA) is 40.6 Å². The number of rotatable bonds is 3. The summed E-state index contributed by atoms with van der Waals surface area (Å²) in [5.41, 5.74) is 2.31. The van der Waals surface area contributed by atoms with Gasteiger partial charge in [-0.2, -0.15) is 0 Å². The normalized spacial score (nSPS) is 14.1. The number of anilines is 2. The number of para-hydroxylation sites is 2. The largest absolute Gasteiger partial charge is 0.306 e. The third kappa shape index (κ3) is 3.02. The number of amides is 2. The summed E-state index contributed by atoms with van der Waals surface area (Å²) in [6.07, 6.45) is 0.170. The lowest BCUT2D eigenvalue weighted by atomic mass is 10.1. The highest BCUT2D eigenvalue weighted by atomic mass is 35.5. The van der Waals surface area contributed by atoms with Gasteiger partial charge in [0.05, 0.1) is 17.8 Å². The molecule has 0 N–H and O–H groups in total. The Balaban J connectivity index is 1.94. The van der Waals surface area contributed by atoms with E-state index in [0.29, 0.717) is 5.02 Å². The van der Waals surface area contributed by atoms with Crippen LogP contribution < -0.4 is 9.80 Å². The second-order valence-electron chi connectivity index (χ2n) is 6.09. The maximum atomic E-state index is 12.8. The van der Waals surface area contributed by atoms with Crippen LogP contribution in [0.15, 0.2) is 48.5 Å². The summed E-state index contributed by atoms with van der Waals surface area (Å²) >= 11 is 6.15. The molecule has 5 heteroatoms. The van der Waals surface area contributed by atoms with Crippen molar-refractivity contribution in [2.45, 2.75) is 26.3 Å². The van der Waals surface area contributed by atoms with E-state index in [1.807, 2.05) is 56.3 Å². The van der Waals surface area contributed by atoms with E-state index in [1.54, 1.807) is 15.9 Å². The minimum absolute atomic E-state index is 0.0412. The van der Waals surface area contributed by atoms with Gasteiger partial charge in [-0.05, 0) is 37.6 Å². The lowest BCUT2D eigenvalue weighted by molar-refractivity contribution is -0.122. The van der Waals surface area contributed by atoms with Crippen molar-refractivity contribution in [2.75, 3.05) is 16.3 Å². The highest BCUT2D eigenvalue weighted by molar-refractivity contribution is 6.31. The molecule has 124 valence electrons. The third-order valence-corrected chi connectivity index (χ3v) is 4.48. The van der Waals surface area contributed by atoms with Crippen molar-refractivity contribution in [3.05, 3.63) is 59.1 Å². The van der Waals surface area contributed by atoms with Crippen LogP contribution in [-0.4, -0.2) is 24.4 Å². The average Bonchev–Trinajstić information content (AvgIpc) is 2.55. The number of carbonyl (C=O) groups is 2. The van der Waals surface area contributed by atoms with Crippen LogP contribution >= 0.6 is 11.6 Å². The van der Waals surface area contributed by atoms with E-state index < -0.39 is 0 Å². The lowest BCUT2D eigenvalue weighted by Gasteiger charge is -2.38. The Morgan fingerprint density at radius 2 is 1.71 bits per heavy atom. The minimum atomic E-state index is -0.132. The van der Waals surface area contributed by atoms with Crippen LogP contribution in [0.5, 0.6) is 0 Å². The zero-order valence-electron chi connectivity index (χ0n) is 13.7. The Hall–Kier alpha value is -2.33. The SMILES string of the molecule is CC(C)N1C(=O)CN(C(=O)Cc2ccccc2Cl)c2ccccc21. The Bertz CT molecular complexity index is 788. The smallest absolute Gasteiger partial charge is 0.247 e. The number of carbonyl (C=O) groups excluding carboxylic acids is 2. The van der Waals surface area contributed by atoms with Crippen molar-refractivity contribution in [1.82, 2.24) is 0 Å². The quantitative estimate of drug-likeness (QED) is 0.854. The predicted octanol–water partition coefficient (Wildman–Crippen LogP) is 3.67. The second-order valence-corrected chi connectivity index (χ2v) is 6.50. The van der Waals surface area contributed by atoms with E-state index in [4.69, 9.17) is 11.6 Å². The fourth-order valence-corrected chi connectivity index (χ4v) is 3.22. The van der Waals surface area contributed by atoms with Gasteiger partial charge >= 0.3 is 0 Å². The summed E-state index contributed by atoms with van der Waals surface area (Å²) in [6.45, 7) is 3.99. The first kappa shape index (κ1) is 16.5. The number of benzene rings is 2. The Morgan fingerprint density at radius 3 is 2.38 bits per heavy atom. The van der Waals surface area contributed by atoms with E-state index in [0.717, 1.165) is 16.9 Å². The number of hydrogen-bond acceptors (Lipinski definition) is 2. The van der Waals surface area contributed by atoms with Crippen molar-refractivity contribution < 1.29 is 9.59 Å². The molecule has 2 amide bonds. The molecule has 24 heavy (non-hydrogen) atoms. The number of hydrogen-bond donors (Lipinski definition) is 0. The van der Waals surface area contributed by atoms with Crippen LogP contribution in [0.3, 0.4) is 0 Å². The van der Waals surface area contributed by atoms with Crippen LogP contribution in [0.4, 0.5) is 11.4 Å². The molecular formula is C19H19ClN2O2. The molecule has 0 atom stereocenters. The van der Waals surface area contributed by atoms with Gasteiger partial charge in [0.15, 0.2) is 0 Å². The fraction of sp³-hybridized carbons (Fsp3) is 0.263. The van der Waals surface area contributed by atoms with E-state index in [9.17, 15) is 9.59 Å². The summed E-state index contributed by atoms with van der Waals surface area (Å²) in [5, 5.41) is 0.561. The average molecular weight is 343 g/mol. The highest BCUT2D eigenvalue weighted by Crippen LogP contribution is 2.35. The first-order chi connectivity index (χ1) is 11.5. The van der Waals surface area contributed by atoms with Gasteiger partial charge in [0.1, 0.15) is 6.54 Å². The molecule has 3 rings (SSSR count). The summed E-state index contributed by atoms with van der Waals surface area (Å²) in [5.74, 6) is -0.205. The summed E-state index contributed by atoms with van der Waals surface area (Å²) in [6, 6.07) is 14.8. The van der Waals surface area contributed by atoms with E-state index in [2.05, 4.69) is 0 Å². The highest BCUT2D eigenvalue weighted by Gasteiger charge is 2.33. The molecule has 2 aromatic carbocycles. The minimum Gasteiger partial charge on any atom is -0.306 e. The fourth-order valence-electron chi connectivity index (χ4n) is 3.02. The molecular weight excluding hydrogens is 324 g/mol. The Labute approximate surface area is 146 Å². The monoisotopic (exact) mass is 342 g/mol. The van der Waals surface area contributed by atoms with Gasteiger partial charge in [-0.3, -0.25) is 9.59 Å². The van der Waals surface area contributed by atoms with Crippen LogP contribution in [-0.2, 0) is 16.0 Å². The van der Waals surface area contributed by atoms with Crippen molar-refractivity contribution in [3.8, 4) is 0 Å². The molecule has 0 saturated carbocycles. The maximum Gasteiger partial charge on any atom is 0.247 e. The summed E-state index contributed by atoms with van der Waals surface area (Å²) in [7, 11) is 0. The molecule has 1 aliphatic heterocycles. The van der Waals surface area contributed by atoms with Gasteiger partial charge < -0.3 is 9.80 Å². The number of fused-ring (bicyclic) bond motifs is 1. The zero-order chi connectivity index (χ0) is 17.3. The number of halogens is 1. The van der Waals surface area contributed by atoms with Crippen LogP contribution in [0.25, 0.3) is 0 Å². The zero-order valence-corrected chi connectivity index (χ0v) is 14.5. The van der Waals surface area contributed by atoms with Gasteiger partial charge in [0.2, 0.25) is 11.8 Å². The molecule has 0 aromatic heterocycles. The van der Waals surface area contributed by atoms with E-state index >= 15 is 0 Å². The maximum absolute atomic E-state index is 12.8. The molecule has 0 saturated heterocycles. The number of nitrogens with zero attached hydrogens (tertiary/aromatic N) is 2. The van der Waals surface area contributed by atoms with Crippen molar-refractivity contribution in [1.29, 1.82) is 0 Å². The molecule has 0 unspecified atom stereocenters. The standard InChI is InChI=1S/C19H19ClN2O2/c1-13(2)22-17-10-6-5-9-16(17)21(12-19(22)24)18(23)11-14-7-3-4-8-15(14)20/h3-10,13H,11-12H2,1-2H3. The molecule has 0 radical (unpaired) electrons. The third-order valence-electron chi connectivity index (χ3n) is 4.11. The van der Waals surface area contributed by atoms with Crippen molar-refractivity contribution >= 4 is 34.8 Å². The van der Waals surface area contributed by atoms with Gasteiger partial charge in [0, 0.05) is 11.1 Å². The predicted molar refractivity (Wildman–Crippen MR) is 96.6 cm³/mol. The Kier molecular flexibility index (Phi) is 4.58. The van der Waals surface area contributed by atoms with Gasteiger partial charge in [-0.15, -0.1) is 0 Å².